The Morgan fingerprint density at radius 1 is 1.42 bits per heavy atom. The molecule has 1 unspecified atom stereocenters. The fourth-order valence-electron chi connectivity index (χ4n) is 0.879. The van der Waals surface area contributed by atoms with Gasteiger partial charge in [-0.2, -0.15) is 0 Å². The molecular formula is C9H19NO2. The first-order chi connectivity index (χ1) is 5.57. The van der Waals surface area contributed by atoms with E-state index in [1.54, 1.807) is 0 Å². The van der Waals surface area contributed by atoms with Crippen LogP contribution < -0.4 is 5.32 Å². The van der Waals surface area contributed by atoms with Crippen LogP contribution in [0, 0.1) is 5.92 Å². The average molecular weight is 173 g/mol. The quantitative estimate of drug-likeness (QED) is 0.649. The van der Waals surface area contributed by atoms with Crippen molar-refractivity contribution in [3.05, 3.63) is 0 Å². The van der Waals surface area contributed by atoms with Gasteiger partial charge in [0.05, 0.1) is 0 Å². The summed E-state index contributed by atoms with van der Waals surface area (Å²) in [6.45, 7) is 5.89. The number of hydrogen-bond acceptors (Lipinski definition) is 2. The molecule has 0 saturated carbocycles. The molecule has 0 radical (unpaired) electrons. The van der Waals surface area contributed by atoms with Crippen LogP contribution in [0.15, 0.2) is 0 Å². The number of nitrogens with one attached hydrogen (secondary N) is 1. The topological polar surface area (TPSA) is 49.3 Å². The molecule has 1 amide bonds. The molecule has 0 fully saturated rings. The molecule has 0 aromatic rings. The van der Waals surface area contributed by atoms with Gasteiger partial charge in [-0.25, -0.2) is 0 Å². The SMILES string of the molecule is CC(CCCO)NC(=O)C(C)C. The molecule has 0 aromatic heterocycles. The minimum absolute atomic E-state index is 0.0431. The van der Waals surface area contributed by atoms with Crippen molar-refractivity contribution in [2.75, 3.05) is 6.61 Å². The molecular weight excluding hydrogens is 154 g/mol. The highest BCUT2D eigenvalue weighted by molar-refractivity contribution is 5.78. The van der Waals surface area contributed by atoms with Crippen molar-refractivity contribution in [1.29, 1.82) is 0 Å². The van der Waals surface area contributed by atoms with Gasteiger partial charge in [0.15, 0.2) is 0 Å². The highest BCUT2D eigenvalue weighted by atomic mass is 16.2. The van der Waals surface area contributed by atoms with Crippen LogP contribution in [0.1, 0.15) is 33.6 Å². The van der Waals surface area contributed by atoms with Gasteiger partial charge in [-0.1, -0.05) is 13.8 Å². The van der Waals surface area contributed by atoms with Crippen LogP contribution in [-0.4, -0.2) is 23.7 Å². The number of rotatable bonds is 5. The molecule has 3 nitrogen and oxygen atoms in total. The number of carbonyl (C=O) groups is 1. The highest BCUT2D eigenvalue weighted by Gasteiger charge is 2.09. The van der Waals surface area contributed by atoms with E-state index in [1.165, 1.54) is 0 Å². The lowest BCUT2D eigenvalue weighted by Crippen LogP contribution is -2.35. The Labute approximate surface area is 74.2 Å². The third kappa shape index (κ3) is 5.13. The van der Waals surface area contributed by atoms with Gasteiger partial charge in [0.25, 0.3) is 0 Å². The van der Waals surface area contributed by atoms with E-state index in [4.69, 9.17) is 5.11 Å². The van der Waals surface area contributed by atoms with Gasteiger partial charge < -0.3 is 10.4 Å². The largest absolute Gasteiger partial charge is 0.396 e. The van der Waals surface area contributed by atoms with E-state index in [2.05, 4.69) is 5.32 Å². The molecule has 0 aromatic carbocycles. The van der Waals surface area contributed by atoms with Crippen molar-refractivity contribution in [2.45, 2.75) is 39.7 Å². The Morgan fingerprint density at radius 2 is 2.00 bits per heavy atom. The lowest BCUT2D eigenvalue weighted by atomic mass is 10.1. The van der Waals surface area contributed by atoms with Crippen molar-refractivity contribution >= 4 is 5.91 Å². The van der Waals surface area contributed by atoms with Crippen molar-refractivity contribution in [2.24, 2.45) is 5.92 Å². The normalized spacial score (nSPS) is 13.1. The van der Waals surface area contributed by atoms with Crippen LogP contribution in [0.2, 0.25) is 0 Å². The zero-order valence-corrected chi connectivity index (χ0v) is 8.13. The maximum absolute atomic E-state index is 11.1. The molecule has 0 saturated heterocycles. The molecule has 0 aliphatic carbocycles. The van der Waals surface area contributed by atoms with Crippen molar-refractivity contribution in [3.8, 4) is 0 Å². The molecule has 0 heterocycles. The molecule has 0 aliphatic heterocycles. The van der Waals surface area contributed by atoms with Crippen molar-refractivity contribution in [3.63, 3.8) is 0 Å². The Balaban J connectivity index is 3.54. The summed E-state index contributed by atoms with van der Waals surface area (Å²) in [5.41, 5.74) is 0. The summed E-state index contributed by atoms with van der Waals surface area (Å²) >= 11 is 0. The molecule has 0 spiro atoms. The van der Waals surface area contributed by atoms with E-state index in [9.17, 15) is 4.79 Å². The second-order valence-corrected chi connectivity index (χ2v) is 3.43. The molecule has 0 aliphatic rings. The Bertz CT molecular complexity index is 134. The van der Waals surface area contributed by atoms with E-state index < -0.39 is 0 Å². The van der Waals surface area contributed by atoms with Crippen LogP contribution >= 0.6 is 0 Å². The van der Waals surface area contributed by atoms with E-state index in [0.717, 1.165) is 12.8 Å². The summed E-state index contributed by atoms with van der Waals surface area (Å²) in [6, 6.07) is 0.173. The first kappa shape index (κ1) is 11.4. The third-order valence-electron chi connectivity index (χ3n) is 1.71. The van der Waals surface area contributed by atoms with Crippen LogP contribution in [0.3, 0.4) is 0 Å². The first-order valence-electron chi connectivity index (χ1n) is 4.49. The second kappa shape index (κ2) is 6.00. The van der Waals surface area contributed by atoms with Gasteiger partial charge in [-0.15, -0.1) is 0 Å². The van der Waals surface area contributed by atoms with Crippen LogP contribution in [0.25, 0.3) is 0 Å². The summed E-state index contributed by atoms with van der Waals surface area (Å²) in [5.74, 6) is 0.127. The third-order valence-corrected chi connectivity index (χ3v) is 1.71. The van der Waals surface area contributed by atoms with Crippen LogP contribution in [0.4, 0.5) is 0 Å². The Kier molecular flexibility index (Phi) is 5.72. The van der Waals surface area contributed by atoms with E-state index in [1.807, 2.05) is 20.8 Å². The number of aliphatic hydroxyl groups is 1. The lowest BCUT2D eigenvalue weighted by molar-refractivity contribution is -0.124. The molecule has 2 N–H and O–H groups in total. The summed E-state index contributed by atoms with van der Waals surface area (Å²) in [4.78, 5) is 11.1. The molecule has 72 valence electrons. The van der Waals surface area contributed by atoms with E-state index in [-0.39, 0.29) is 24.5 Å². The van der Waals surface area contributed by atoms with Crippen molar-refractivity contribution < 1.29 is 9.90 Å². The molecule has 1 atom stereocenters. The monoisotopic (exact) mass is 173 g/mol. The summed E-state index contributed by atoms with van der Waals surface area (Å²) in [5, 5.41) is 11.4. The molecule has 12 heavy (non-hydrogen) atoms. The maximum Gasteiger partial charge on any atom is 0.222 e. The van der Waals surface area contributed by atoms with Crippen molar-refractivity contribution in [1.82, 2.24) is 5.32 Å². The maximum atomic E-state index is 11.1. The lowest BCUT2D eigenvalue weighted by Gasteiger charge is -2.14. The standard InChI is InChI=1S/C9H19NO2/c1-7(2)9(12)10-8(3)5-4-6-11/h7-8,11H,4-6H2,1-3H3,(H,10,12). The van der Waals surface area contributed by atoms with Crippen LogP contribution in [0.5, 0.6) is 0 Å². The minimum Gasteiger partial charge on any atom is -0.396 e. The number of hydrogen-bond donors (Lipinski definition) is 2. The smallest absolute Gasteiger partial charge is 0.222 e. The first-order valence-corrected chi connectivity index (χ1v) is 4.49. The predicted octanol–water partition coefficient (Wildman–Crippen LogP) is 0.920. The van der Waals surface area contributed by atoms with Gasteiger partial charge in [0.1, 0.15) is 0 Å². The average Bonchev–Trinajstić information content (AvgIpc) is 2.00. The Morgan fingerprint density at radius 3 is 2.42 bits per heavy atom. The summed E-state index contributed by atoms with van der Waals surface area (Å²) in [6.07, 6.45) is 1.59. The van der Waals surface area contributed by atoms with Gasteiger partial charge in [-0.05, 0) is 19.8 Å². The number of carbonyl (C=O) groups excluding carboxylic acids is 1. The summed E-state index contributed by atoms with van der Waals surface area (Å²) in [7, 11) is 0. The van der Waals surface area contributed by atoms with Crippen LogP contribution in [-0.2, 0) is 4.79 Å². The van der Waals surface area contributed by atoms with E-state index >= 15 is 0 Å². The van der Waals surface area contributed by atoms with Gasteiger partial charge in [0, 0.05) is 18.6 Å². The fraction of sp³-hybridized carbons (Fsp3) is 0.889. The molecule has 0 rings (SSSR count). The molecule has 3 heteroatoms. The zero-order valence-electron chi connectivity index (χ0n) is 8.13. The number of aliphatic hydroxyl groups excluding tert-OH is 1. The number of amides is 1. The summed E-state index contributed by atoms with van der Waals surface area (Å²) < 4.78 is 0. The highest BCUT2D eigenvalue weighted by Crippen LogP contribution is 1.98. The fourth-order valence-corrected chi connectivity index (χ4v) is 0.879. The van der Waals surface area contributed by atoms with Gasteiger partial charge in [0.2, 0.25) is 5.91 Å². The minimum atomic E-state index is 0.0431. The predicted molar refractivity (Wildman–Crippen MR) is 48.8 cm³/mol. The zero-order chi connectivity index (χ0) is 9.56. The Hall–Kier alpha value is -0.570. The molecule has 0 bridgehead atoms. The van der Waals surface area contributed by atoms with Gasteiger partial charge in [-0.3, -0.25) is 4.79 Å². The van der Waals surface area contributed by atoms with E-state index in [0.29, 0.717) is 0 Å². The van der Waals surface area contributed by atoms with Gasteiger partial charge >= 0.3 is 0 Å². The second-order valence-electron chi connectivity index (χ2n) is 3.43.